The van der Waals surface area contributed by atoms with Crippen molar-refractivity contribution >= 4 is 17.3 Å². The Labute approximate surface area is 132 Å². The molecule has 0 fully saturated rings. The zero-order valence-corrected chi connectivity index (χ0v) is 12.4. The van der Waals surface area contributed by atoms with E-state index in [1.165, 1.54) is 30.3 Å². The number of nitro benzene ring substituents is 1. The summed E-state index contributed by atoms with van der Waals surface area (Å²) >= 11 is 0. The number of nitrogens with one attached hydrogen (secondary N) is 1. The van der Waals surface area contributed by atoms with E-state index in [-0.39, 0.29) is 23.7 Å². The van der Waals surface area contributed by atoms with Crippen LogP contribution in [0.15, 0.2) is 42.5 Å². The lowest BCUT2D eigenvalue weighted by Crippen LogP contribution is -2.09. The largest absolute Gasteiger partial charge is 0.462 e. The van der Waals surface area contributed by atoms with Gasteiger partial charge in [0.2, 0.25) is 0 Å². The number of nitrogens with zero attached hydrogens (tertiary/aromatic N) is 1. The number of ether oxygens (including phenoxy) is 1. The average Bonchev–Trinajstić information content (AvgIpc) is 2.53. The number of nitro groups is 1. The first kappa shape index (κ1) is 16.4. The highest BCUT2D eigenvalue weighted by Gasteiger charge is 2.21. The van der Waals surface area contributed by atoms with E-state index in [0.717, 1.165) is 0 Å². The summed E-state index contributed by atoms with van der Waals surface area (Å²) in [4.78, 5) is 22.2. The minimum absolute atomic E-state index is 0.122. The fourth-order valence-electron chi connectivity index (χ4n) is 2.03. The van der Waals surface area contributed by atoms with E-state index in [2.05, 4.69) is 5.32 Å². The molecule has 0 unspecified atom stereocenters. The summed E-state index contributed by atoms with van der Waals surface area (Å²) in [7, 11) is 0. The summed E-state index contributed by atoms with van der Waals surface area (Å²) < 4.78 is 18.0. The van der Waals surface area contributed by atoms with Crippen LogP contribution in [0.1, 0.15) is 22.8 Å². The van der Waals surface area contributed by atoms with Crippen molar-refractivity contribution in [1.82, 2.24) is 0 Å². The van der Waals surface area contributed by atoms with Gasteiger partial charge in [-0.2, -0.15) is 0 Å². The van der Waals surface area contributed by atoms with E-state index in [4.69, 9.17) is 4.74 Å². The standard InChI is InChI=1S/C16H15FN2O4/c1-2-23-16(20)14-9-13(6-7-15(14)19(21)22)18-10-11-4-3-5-12(17)8-11/h3-9,18H,2,10H2,1H3. The summed E-state index contributed by atoms with van der Waals surface area (Å²) in [6, 6.07) is 10.1. The summed E-state index contributed by atoms with van der Waals surface area (Å²) in [6.07, 6.45) is 0. The van der Waals surface area contributed by atoms with Crippen molar-refractivity contribution in [1.29, 1.82) is 0 Å². The summed E-state index contributed by atoms with van der Waals surface area (Å²) in [5.41, 5.74) is 0.768. The highest BCUT2D eigenvalue weighted by Crippen LogP contribution is 2.24. The number of anilines is 1. The third kappa shape index (κ3) is 4.26. The van der Waals surface area contributed by atoms with Gasteiger partial charge in [0, 0.05) is 18.3 Å². The molecule has 6 nitrogen and oxygen atoms in total. The first-order valence-corrected chi connectivity index (χ1v) is 6.95. The van der Waals surface area contributed by atoms with Gasteiger partial charge in [0.25, 0.3) is 5.69 Å². The number of rotatable bonds is 6. The predicted molar refractivity (Wildman–Crippen MR) is 82.8 cm³/mol. The number of halogens is 1. The molecule has 0 saturated heterocycles. The molecule has 2 aromatic carbocycles. The zero-order chi connectivity index (χ0) is 16.8. The average molecular weight is 318 g/mol. The second-order valence-electron chi connectivity index (χ2n) is 4.69. The van der Waals surface area contributed by atoms with Crippen LogP contribution >= 0.6 is 0 Å². The Kier molecular flexibility index (Phi) is 5.24. The SMILES string of the molecule is CCOC(=O)c1cc(NCc2cccc(F)c2)ccc1[N+](=O)[O-]. The number of hydrogen-bond donors (Lipinski definition) is 1. The Morgan fingerprint density at radius 2 is 2.09 bits per heavy atom. The molecule has 1 N–H and O–H groups in total. The van der Waals surface area contributed by atoms with Crippen LogP contribution in [0, 0.1) is 15.9 Å². The smallest absolute Gasteiger partial charge is 0.345 e. The maximum absolute atomic E-state index is 13.1. The molecule has 0 atom stereocenters. The third-order valence-electron chi connectivity index (χ3n) is 3.07. The van der Waals surface area contributed by atoms with Crippen molar-refractivity contribution in [3.63, 3.8) is 0 Å². The van der Waals surface area contributed by atoms with Crippen LogP contribution in [0.4, 0.5) is 15.8 Å². The maximum atomic E-state index is 13.1. The normalized spacial score (nSPS) is 10.2. The Morgan fingerprint density at radius 3 is 2.74 bits per heavy atom. The van der Waals surface area contributed by atoms with Gasteiger partial charge in [0.15, 0.2) is 0 Å². The first-order valence-electron chi connectivity index (χ1n) is 6.95. The quantitative estimate of drug-likeness (QED) is 0.500. The molecule has 0 aromatic heterocycles. The van der Waals surface area contributed by atoms with Crippen molar-refractivity contribution in [2.75, 3.05) is 11.9 Å². The van der Waals surface area contributed by atoms with Crippen LogP contribution in [0.5, 0.6) is 0 Å². The van der Waals surface area contributed by atoms with E-state index < -0.39 is 10.9 Å². The van der Waals surface area contributed by atoms with Gasteiger partial charge >= 0.3 is 5.97 Å². The minimum Gasteiger partial charge on any atom is -0.462 e. The van der Waals surface area contributed by atoms with Crippen molar-refractivity contribution in [3.05, 3.63) is 69.5 Å². The molecule has 7 heteroatoms. The molecule has 0 aliphatic rings. The molecule has 0 heterocycles. The van der Waals surface area contributed by atoms with Crippen molar-refractivity contribution < 1.29 is 18.8 Å². The first-order chi connectivity index (χ1) is 11.0. The molecule has 0 radical (unpaired) electrons. The third-order valence-corrected chi connectivity index (χ3v) is 3.07. The van der Waals surface area contributed by atoms with Gasteiger partial charge < -0.3 is 10.1 Å². The van der Waals surface area contributed by atoms with E-state index in [1.807, 2.05) is 0 Å². The minimum atomic E-state index is -0.756. The molecular weight excluding hydrogens is 303 g/mol. The number of carbonyl (C=O) groups is 1. The number of hydrogen-bond acceptors (Lipinski definition) is 5. The fourth-order valence-corrected chi connectivity index (χ4v) is 2.03. The fraction of sp³-hybridized carbons (Fsp3) is 0.188. The summed E-state index contributed by atoms with van der Waals surface area (Å²) in [5.74, 6) is -1.10. The monoisotopic (exact) mass is 318 g/mol. The second-order valence-corrected chi connectivity index (χ2v) is 4.69. The topological polar surface area (TPSA) is 81.5 Å². The van der Waals surface area contributed by atoms with Crippen LogP contribution in [0.2, 0.25) is 0 Å². The van der Waals surface area contributed by atoms with Crippen LogP contribution in [-0.4, -0.2) is 17.5 Å². The van der Waals surface area contributed by atoms with Gasteiger partial charge in [-0.05, 0) is 36.8 Å². The summed E-state index contributed by atoms with van der Waals surface area (Å²) in [5, 5.41) is 14.0. The van der Waals surface area contributed by atoms with Gasteiger partial charge in [-0.25, -0.2) is 9.18 Å². The zero-order valence-electron chi connectivity index (χ0n) is 12.4. The van der Waals surface area contributed by atoms with Gasteiger partial charge in [-0.3, -0.25) is 10.1 Å². The highest BCUT2D eigenvalue weighted by molar-refractivity contribution is 5.95. The van der Waals surface area contributed by atoms with Crippen molar-refractivity contribution in [3.8, 4) is 0 Å². The molecule has 0 saturated carbocycles. The lowest BCUT2D eigenvalue weighted by Gasteiger charge is -2.09. The molecule has 0 bridgehead atoms. The number of carbonyl (C=O) groups excluding carboxylic acids is 1. The van der Waals surface area contributed by atoms with Gasteiger partial charge in [-0.1, -0.05) is 12.1 Å². The maximum Gasteiger partial charge on any atom is 0.345 e. The molecule has 23 heavy (non-hydrogen) atoms. The number of benzene rings is 2. The van der Waals surface area contributed by atoms with E-state index >= 15 is 0 Å². The van der Waals surface area contributed by atoms with Crippen molar-refractivity contribution in [2.45, 2.75) is 13.5 Å². The molecular formula is C16H15FN2O4. The van der Waals surface area contributed by atoms with Crippen LogP contribution in [0.25, 0.3) is 0 Å². The lowest BCUT2D eigenvalue weighted by molar-refractivity contribution is -0.385. The van der Waals surface area contributed by atoms with Gasteiger partial charge in [0.05, 0.1) is 11.5 Å². The Bertz CT molecular complexity index is 734. The molecule has 120 valence electrons. The molecule has 2 aromatic rings. The molecule has 0 amide bonds. The van der Waals surface area contributed by atoms with E-state index in [0.29, 0.717) is 17.8 Å². The molecule has 2 rings (SSSR count). The molecule has 0 aliphatic carbocycles. The Morgan fingerprint density at radius 1 is 1.30 bits per heavy atom. The van der Waals surface area contributed by atoms with Gasteiger partial charge in [0.1, 0.15) is 11.4 Å². The van der Waals surface area contributed by atoms with Crippen LogP contribution < -0.4 is 5.32 Å². The van der Waals surface area contributed by atoms with E-state index in [1.54, 1.807) is 19.1 Å². The Balaban J connectivity index is 2.21. The number of esters is 1. The highest BCUT2D eigenvalue weighted by atomic mass is 19.1. The van der Waals surface area contributed by atoms with E-state index in [9.17, 15) is 19.3 Å². The van der Waals surface area contributed by atoms with Gasteiger partial charge in [-0.15, -0.1) is 0 Å². The van der Waals surface area contributed by atoms with Crippen LogP contribution in [-0.2, 0) is 11.3 Å². The lowest BCUT2D eigenvalue weighted by atomic mass is 10.1. The van der Waals surface area contributed by atoms with Crippen molar-refractivity contribution in [2.24, 2.45) is 0 Å². The predicted octanol–water partition coefficient (Wildman–Crippen LogP) is 3.52. The Hall–Kier alpha value is -2.96. The molecule has 0 spiro atoms. The summed E-state index contributed by atoms with van der Waals surface area (Å²) in [6.45, 7) is 2.06. The van der Waals surface area contributed by atoms with Crippen LogP contribution in [0.3, 0.4) is 0 Å². The molecule has 0 aliphatic heterocycles. The second kappa shape index (κ2) is 7.35.